The fraction of sp³-hybridized carbons (Fsp3) is 0.786. The molecule has 0 bridgehead atoms. The molecule has 0 N–H and O–H groups in total. The van der Waals surface area contributed by atoms with Crippen molar-refractivity contribution in [3.63, 3.8) is 0 Å². The average Bonchev–Trinajstić information content (AvgIpc) is 2.57. The van der Waals surface area contributed by atoms with E-state index in [0.29, 0.717) is 18.9 Å². The van der Waals surface area contributed by atoms with Gasteiger partial charge in [0.25, 0.3) is 33.0 Å². The minimum atomic E-state index is -7.93. The topological polar surface area (TPSA) is 94.6 Å². The molecule has 192 valence electrons. The molecule has 0 aromatic heterocycles. The molecule has 0 radical (unpaired) electrons. The highest BCUT2D eigenvalue weighted by Crippen LogP contribution is 2.39. The summed E-state index contributed by atoms with van der Waals surface area (Å²) in [6.07, 6.45) is 4.47. The number of allylic oxidation sites excluding steroid dienone is 1. The summed E-state index contributed by atoms with van der Waals surface area (Å²) in [6.45, 7) is 1.93. The van der Waals surface area contributed by atoms with E-state index in [1.165, 1.54) is 0 Å². The molecular weight excluding hydrogens is 531 g/mol. The Morgan fingerprint density at radius 3 is 1.47 bits per heavy atom. The van der Waals surface area contributed by atoms with Gasteiger partial charge < -0.3 is 4.18 Å². The maximum absolute atomic E-state index is 13.2. The predicted octanol–water partition coefficient (Wildman–Crippen LogP) is 4.94. The first-order chi connectivity index (χ1) is 14.2. The van der Waals surface area contributed by atoms with Crippen molar-refractivity contribution >= 4 is 33.0 Å². The first-order valence-corrected chi connectivity index (χ1v) is 13.1. The van der Waals surface area contributed by atoms with Gasteiger partial charge in [-0.15, -0.1) is 0 Å². The number of alkyl halides is 9. The van der Waals surface area contributed by atoms with Gasteiger partial charge in [0, 0.05) is 0 Å². The Hall–Kier alpha value is -1.17. The van der Waals surface area contributed by atoms with Crippen molar-refractivity contribution in [3.05, 3.63) is 12.3 Å². The maximum Gasteiger partial charge on any atom is 0.503 e. The van der Waals surface area contributed by atoms with E-state index in [0.717, 1.165) is 19.3 Å². The summed E-state index contributed by atoms with van der Waals surface area (Å²) in [5.41, 5.74) is -20.7. The number of sulfone groups is 2. The first kappa shape index (κ1) is 30.8. The summed E-state index contributed by atoms with van der Waals surface area (Å²) in [4.78, 5) is 0. The fourth-order valence-electron chi connectivity index (χ4n) is 2.04. The van der Waals surface area contributed by atoms with Crippen LogP contribution in [0, 0.1) is 0 Å². The minimum absolute atomic E-state index is 0.132. The molecule has 18 heteroatoms. The molecule has 0 aliphatic rings. The van der Waals surface area contributed by atoms with Gasteiger partial charge in [0.2, 0.25) is 0 Å². The van der Waals surface area contributed by atoms with E-state index in [1.54, 1.807) is 0 Å². The molecule has 0 spiro atoms. The highest BCUT2D eigenvalue weighted by atomic mass is 32.3. The van der Waals surface area contributed by atoms with Crippen molar-refractivity contribution in [3.8, 4) is 0 Å². The highest BCUT2D eigenvalue weighted by molar-refractivity contribution is 8.44. The van der Waals surface area contributed by atoms with Crippen molar-refractivity contribution in [1.29, 1.82) is 0 Å². The maximum atomic E-state index is 13.2. The molecule has 0 saturated heterocycles. The second kappa shape index (κ2) is 10.8. The molecule has 0 fully saturated rings. The largest absolute Gasteiger partial charge is 0.503 e. The molecular formula is C14H19F9O6S3. The van der Waals surface area contributed by atoms with Gasteiger partial charge >= 0.3 is 16.5 Å². The second-order valence-corrected chi connectivity index (χ2v) is 12.7. The van der Waals surface area contributed by atoms with Gasteiger partial charge in [0.05, 0.1) is 6.26 Å². The minimum Gasteiger partial charge on any atom is -0.409 e. The van der Waals surface area contributed by atoms with Crippen molar-refractivity contribution in [1.82, 2.24) is 0 Å². The number of hydrogen-bond donors (Lipinski definition) is 0. The van der Waals surface area contributed by atoms with E-state index in [1.807, 2.05) is 6.92 Å². The van der Waals surface area contributed by atoms with Gasteiger partial charge in [0.15, 0.2) is 0 Å². The number of rotatable bonds is 9. The SMILES string of the molecule is CCCCCCCC/C=C\OS(=O)(=C(S(=O)(=O)C(F)(F)F)S(=O)(=O)C(F)(F)F)C(F)(F)F. The summed E-state index contributed by atoms with van der Waals surface area (Å²) in [7, 11) is -23.3. The predicted molar refractivity (Wildman–Crippen MR) is 97.4 cm³/mol. The second-order valence-electron chi connectivity index (χ2n) is 6.12. The zero-order chi connectivity index (χ0) is 25.6. The van der Waals surface area contributed by atoms with Gasteiger partial charge in [0.1, 0.15) is 0 Å². The molecule has 1 atom stereocenters. The van der Waals surface area contributed by atoms with E-state index in [2.05, 4.69) is 4.18 Å². The van der Waals surface area contributed by atoms with Crippen molar-refractivity contribution in [2.75, 3.05) is 0 Å². The van der Waals surface area contributed by atoms with E-state index in [9.17, 15) is 60.6 Å². The molecule has 0 aliphatic heterocycles. The number of hydrogen-bond acceptors (Lipinski definition) is 6. The van der Waals surface area contributed by atoms with Crippen molar-refractivity contribution < 1.29 is 64.7 Å². The third-order valence-corrected chi connectivity index (χ3v) is 11.1. The van der Waals surface area contributed by atoms with Crippen LogP contribution in [-0.4, -0.2) is 41.1 Å². The quantitative estimate of drug-likeness (QED) is 0.175. The van der Waals surface area contributed by atoms with E-state index >= 15 is 0 Å². The Labute approximate surface area is 178 Å². The third-order valence-electron chi connectivity index (χ3n) is 3.58. The standard InChI is InChI=1S/C14H19F9O6S3/c1-2-3-4-5-6-7-8-9-10-29-32(28,14(21,22)23)11(30(24,25)12(15,16)17)31(26,27)13(18,19)20/h9-10H,2-8H2,1H3/b10-9-. The molecule has 0 aliphatic carbocycles. The van der Waals surface area contributed by atoms with Crippen LogP contribution in [0.3, 0.4) is 0 Å². The van der Waals surface area contributed by atoms with Gasteiger partial charge in [-0.3, -0.25) is 0 Å². The smallest absolute Gasteiger partial charge is 0.409 e. The zero-order valence-electron chi connectivity index (χ0n) is 16.2. The van der Waals surface area contributed by atoms with E-state index in [4.69, 9.17) is 0 Å². The lowest BCUT2D eigenvalue weighted by Gasteiger charge is -2.20. The summed E-state index contributed by atoms with van der Waals surface area (Å²) in [5, 5.41) is 0. The Bertz CT molecular complexity index is 934. The zero-order valence-corrected chi connectivity index (χ0v) is 18.6. The van der Waals surface area contributed by atoms with Crippen molar-refractivity contribution in [2.45, 2.75) is 68.4 Å². The van der Waals surface area contributed by atoms with Gasteiger partial charge in [-0.25, -0.2) is 21.0 Å². The van der Waals surface area contributed by atoms with Crippen LogP contribution in [0.4, 0.5) is 39.5 Å². The number of unbranched alkanes of at least 4 members (excludes halogenated alkanes) is 6. The van der Waals surface area contributed by atoms with Crippen LogP contribution in [0.2, 0.25) is 0 Å². The fourth-order valence-corrected chi connectivity index (χ4v) is 8.43. The molecule has 6 nitrogen and oxygen atoms in total. The lowest BCUT2D eigenvalue weighted by molar-refractivity contribution is -0.0463. The third kappa shape index (κ3) is 7.16. The van der Waals surface area contributed by atoms with Crippen LogP contribution in [-0.2, 0) is 33.7 Å². The Balaban J connectivity index is 6.51. The molecule has 1 unspecified atom stereocenters. The molecule has 0 rings (SSSR count). The molecule has 0 aromatic rings. The Morgan fingerprint density at radius 1 is 0.688 bits per heavy atom. The molecule has 0 heterocycles. The molecule has 0 amide bonds. The van der Waals surface area contributed by atoms with Crippen LogP contribution in [0.5, 0.6) is 0 Å². The van der Waals surface area contributed by atoms with Gasteiger partial charge in [-0.2, -0.15) is 39.5 Å². The lowest BCUT2D eigenvalue weighted by atomic mass is 10.1. The van der Waals surface area contributed by atoms with Crippen LogP contribution in [0.25, 0.3) is 0 Å². The van der Waals surface area contributed by atoms with E-state index < -0.39 is 49.5 Å². The Morgan fingerprint density at radius 2 is 1.09 bits per heavy atom. The lowest BCUT2D eigenvalue weighted by Crippen LogP contribution is -2.48. The van der Waals surface area contributed by atoms with Crippen molar-refractivity contribution in [2.24, 2.45) is 0 Å². The van der Waals surface area contributed by atoms with Gasteiger partial charge in [-0.1, -0.05) is 39.0 Å². The summed E-state index contributed by atoms with van der Waals surface area (Å²) >= 11 is 0. The normalized spacial score (nSPS) is 16.2. The van der Waals surface area contributed by atoms with E-state index in [-0.39, 0.29) is 19.1 Å². The van der Waals surface area contributed by atoms with Gasteiger partial charge in [-0.05, 0) is 18.9 Å². The molecule has 0 aromatic carbocycles. The van der Waals surface area contributed by atoms with Crippen LogP contribution >= 0.6 is 0 Å². The summed E-state index contributed by atoms with van der Waals surface area (Å²) in [5.74, 6) is 0. The Kier molecular flexibility index (Phi) is 10.4. The highest BCUT2D eigenvalue weighted by Gasteiger charge is 2.67. The molecule has 0 saturated carbocycles. The first-order valence-electron chi connectivity index (χ1n) is 8.61. The average molecular weight is 550 g/mol. The summed E-state index contributed by atoms with van der Waals surface area (Å²) < 4.78 is 173. The monoisotopic (exact) mass is 550 g/mol. The van der Waals surface area contributed by atoms with Crippen LogP contribution in [0.15, 0.2) is 12.3 Å². The van der Waals surface area contributed by atoms with Crippen LogP contribution < -0.4 is 0 Å². The summed E-state index contributed by atoms with van der Waals surface area (Å²) in [6, 6.07) is 0. The number of halogens is 9. The van der Waals surface area contributed by atoms with Crippen LogP contribution in [0.1, 0.15) is 51.9 Å². The molecule has 32 heavy (non-hydrogen) atoms.